The average molecular weight is 598 g/mol. The molecule has 0 saturated heterocycles. The van der Waals surface area contributed by atoms with Crippen molar-refractivity contribution in [1.29, 1.82) is 0 Å². The third-order valence-electron chi connectivity index (χ3n) is 6.63. The van der Waals surface area contributed by atoms with E-state index in [0.717, 1.165) is 11.6 Å². The number of carbonyl (C=O) groups excluding carboxylic acids is 1. The fourth-order valence-corrected chi connectivity index (χ4v) is 4.64. The highest BCUT2D eigenvalue weighted by Crippen LogP contribution is 2.31. The van der Waals surface area contributed by atoms with Crippen molar-refractivity contribution in [1.82, 2.24) is 26.1 Å². The highest BCUT2D eigenvalue weighted by molar-refractivity contribution is 5.93. The third-order valence-corrected chi connectivity index (χ3v) is 6.63. The fraction of sp³-hybridized carbons (Fsp3) is 0.133. The number of rotatable bonds is 10. The van der Waals surface area contributed by atoms with Gasteiger partial charge in [-0.2, -0.15) is 5.21 Å². The summed E-state index contributed by atoms with van der Waals surface area (Å²) in [5, 5.41) is 33.4. The zero-order valence-corrected chi connectivity index (χ0v) is 22.7. The van der Waals surface area contributed by atoms with E-state index in [4.69, 9.17) is 23.5 Å². The van der Waals surface area contributed by atoms with Crippen LogP contribution >= 0.6 is 0 Å². The van der Waals surface area contributed by atoms with E-state index in [9.17, 15) is 19.5 Å². The molecule has 0 fully saturated rings. The molecule has 3 aromatic heterocycles. The lowest BCUT2D eigenvalue weighted by Gasteiger charge is -2.18. The molecule has 6 aromatic rings. The quantitative estimate of drug-likeness (QED) is 0.133. The fourth-order valence-electron chi connectivity index (χ4n) is 4.64. The monoisotopic (exact) mass is 597 g/mol. The summed E-state index contributed by atoms with van der Waals surface area (Å²) < 4.78 is 23.1. The van der Waals surface area contributed by atoms with E-state index < -0.39 is 22.9 Å². The van der Waals surface area contributed by atoms with Crippen LogP contribution in [0.2, 0.25) is 0 Å². The first kappa shape index (κ1) is 28.3. The Morgan fingerprint density at radius 2 is 1.68 bits per heavy atom. The van der Waals surface area contributed by atoms with Crippen LogP contribution in [-0.4, -0.2) is 56.2 Å². The molecule has 6 rings (SSSR count). The van der Waals surface area contributed by atoms with Crippen LogP contribution in [0.3, 0.4) is 0 Å². The Morgan fingerprint density at radius 1 is 0.909 bits per heavy atom. The molecule has 0 spiro atoms. The Balaban J connectivity index is 1.25. The van der Waals surface area contributed by atoms with Gasteiger partial charge in [-0.1, -0.05) is 42.5 Å². The molecule has 1 unspecified atom stereocenters. The third kappa shape index (κ3) is 5.74. The number of hydrogen-bond acceptors (Lipinski definition) is 12. The number of nitrogens with zero attached hydrogens (tertiary/aromatic N) is 3. The lowest BCUT2D eigenvalue weighted by Crippen LogP contribution is -2.26. The summed E-state index contributed by atoms with van der Waals surface area (Å²) in [5.41, 5.74) is 2.30. The number of fused-ring (bicyclic) bond motifs is 2. The normalized spacial score (nSPS) is 11.9. The largest absolute Gasteiger partial charge is 0.490 e. The lowest BCUT2D eigenvalue weighted by molar-refractivity contribution is 0.0633. The molecule has 3 aromatic carbocycles. The molecule has 14 nitrogen and oxygen atoms in total. The number of ether oxygens (including phenoxy) is 2. The van der Waals surface area contributed by atoms with Gasteiger partial charge in [-0.15, -0.1) is 10.2 Å². The van der Waals surface area contributed by atoms with Crippen LogP contribution in [0.15, 0.2) is 91.2 Å². The highest BCUT2D eigenvalue weighted by Gasteiger charge is 2.20. The molecule has 0 bridgehead atoms. The molecular formula is C30H23N5O9. The predicted octanol–water partition coefficient (Wildman–Crippen LogP) is 2.61. The minimum Gasteiger partial charge on any atom is -0.490 e. The molecule has 3 heterocycles. The molecule has 0 aliphatic heterocycles. The summed E-state index contributed by atoms with van der Waals surface area (Å²) in [6, 6.07) is 19.6. The number of aliphatic hydroxyl groups excluding tert-OH is 1. The van der Waals surface area contributed by atoms with Crippen molar-refractivity contribution >= 4 is 27.8 Å². The summed E-state index contributed by atoms with van der Waals surface area (Å²) in [6.45, 7) is -0.556. The summed E-state index contributed by atoms with van der Waals surface area (Å²) in [5.74, 6) is -0.790. The molecule has 14 heteroatoms. The summed E-state index contributed by atoms with van der Waals surface area (Å²) >= 11 is 0. The van der Waals surface area contributed by atoms with Gasteiger partial charge < -0.3 is 23.4 Å². The average Bonchev–Trinajstić information content (AvgIpc) is 3.58. The van der Waals surface area contributed by atoms with E-state index in [0.29, 0.717) is 12.0 Å². The van der Waals surface area contributed by atoms with E-state index in [1.807, 2.05) is 30.3 Å². The Labute approximate surface area is 246 Å². The van der Waals surface area contributed by atoms with Crippen LogP contribution in [-0.2, 0) is 6.42 Å². The molecule has 1 amide bonds. The number of tetrazole rings is 1. The van der Waals surface area contributed by atoms with Crippen LogP contribution in [0.25, 0.3) is 33.5 Å². The van der Waals surface area contributed by atoms with E-state index in [1.54, 1.807) is 24.3 Å². The van der Waals surface area contributed by atoms with Crippen molar-refractivity contribution in [2.45, 2.75) is 12.5 Å². The number of hydrogen-bond donors (Lipinski definition) is 4. The molecule has 0 aliphatic carbocycles. The number of aromatic nitrogens is 4. The number of aromatic amines is 1. The molecule has 0 aliphatic rings. The first-order valence-electron chi connectivity index (χ1n) is 13.2. The van der Waals surface area contributed by atoms with E-state index in [1.165, 1.54) is 17.6 Å². The van der Waals surface area contributed by atoms with Gasteiger partial charge in [0.1, 0.15) is 52.8 Å². The molecule has 1 atom stereocenters. The van der Waals surface area contributed by atoms with Gasteiger partial charge in [0, 0.05) is 18.6 Å². The SMILES string of the molecule is O=C(NO)c1cc(=O)c2c(OCC(O)COc3cccc4oc(-c5nn[nH]n5)cc(=O)c34)c(Cc3ccccc3)ccc2o1. The zero-order chi connectivity index (χ0) is 30.6. The Hall–Kier alpha value is -5.86. The van der Waals surface area contributed by atoms with Gasteiger partial charge in [0.25, 0.3) is 0 Å². The van der Waals surface area contributed by atoms with Gasteiger partial charge in [0.05, 0.1) is 0 Å². The predicted molar refractivity (Wildman–Crippen MR) is 154 cm³/mol. The smallest absolute Gasteiger partial charge is 0.310 e. The first-order chi connectivity index (χ1) is 21.4. The number of hydroxylamine groups is 1. The molecule has 4 N–H and O–H groups in total. The van der Waals surface area contributed by atoms with Gasteiger partial charge in [-0.3, -0.25) is 19.6 Å². The highest BCUT2D eigenvalue weighted by atomic mass is 16.5. The minimum absolute atomic E-state index is 0.0521. The maximum atomic E-state index is 13.1. The second-order valence-electron chi connectivity index (χ2n) is 9.62. The standard InChI is InChI=1S/C30H23N5O9/c36-18(14-41-21-7-4-8-22-26(21)19(37)12-24(43-22)29-31-34-35-32-29)15-42-28-17(11-16-5-2-1-3-6-16)9-10-23-27(28)20(38)13-25(44-23)30(39)33-40/h1-10,12-13,18,36,40H,11,14-15H2,(H,33,39)(H,31,32,34,35). The van der Waals surface area contributed by atoms with Crippen molar-refractivity contribution in [3.05, 3.63) is 110 Å². The minimum atomic E-state index is -1.19. The van der Waals surface area contributed by atoms with Crippen LogP contribution in [0.5, 0.6) is 11.5 Å². The number of carbonyl (C=O) groups is 1. The molecule has 222 valence electrons. The zero-order valence-electron chi connectivity index (χ0n) is 22.7. The maximum Gasteiger partial charge on any atom is 0.310 e. The second-order valence-corrected chi connectivity index (χ2v) is 9.62. The van der Waals surface area contributed by atoms with Gasteiger partial charge in [-0.05, 0) is 34.5 Å². The van der Waals surface area contributed by atoms with Gasteiger partial charge >= 0.3 is 5.91 Å². The van der Waals surface area contributed by atoms with E-state index >= 15 is 0 Å². The molecule has 0 saturated carbocycles. The van der Waals surface area contributed by atoms with Crippen LogP contribution < -0.4 is 25.8 Å². The van der Waals surface area contributed by atoms with Gasteiger partial charge in [-0.25, -0.2) is 5.48 Å². The van der Waals surface area contributed by atoms with Gasteiger partial charge in [0.2, 0.25) is 5.82 Å². The first-order valence-corrected chi connectivity index (χ1v) is 13.2. The van der Waals surface area contributed by atoms with Crippen molar-refractivity contribution in [2.75, 3.05) is 13.2 Å². The van der Waals surface area contributed by atoms with Crippen LogP contribution in [0.1, 0.15) is 21.7 Å². The second kappa shape index (κ2) is 12.2. The maximum absolute atomic E-state index is 13.1. The topological polar surface area (TPSA) is 203 Å². The summed E-state index contributed by atoms with van der Waals surface area (Å²) in [7, 11) is 0. The molecule has 0 radical (unpaired) electrons. The van der Waals surface area contributed by atoms with Crippen LogP contribution in [0.4, 0.5) is 0 Å². The number of aliphatic hydroxyl groups is 1. The number of nitrogens with one attached hydrogen (secondary N) is 2. The lowest BCUT2D eigenvalue weighted by atomic mass is 10.0. The van der Waals surface area contributed by atoms with Crippen molar-refractivity contribution in [3.63, 3.8) is 0 Å². The Morgan fingerprint density at radius 3 is 2.45 bits per heavy atom. The van der Waals surface area contributed by atoms with E-state index in [-0.39, 0.29) is 64.0 Å². The number of benzene rings is 3. The molecular weight excluding hydrogens is 574 g/mol. The summed E-state index contributed by atoms with van der Waals surface area (Å²) in [6.07, 6.45) is -0.795. The Kier molecular flexibility index (Phi) is 7.82. The van der Waals surface area contributed by atoms with Crippen LogP contribution in [0, 0.1) is 0 Å². The number of H-pyrrole nitrogens is 1. The molecule has 44 heavy (non-hydrogen) atoms. The van der Waals surface area contributed by atoms with Crippen molar-refractivity contribution in [2.24, 2.45) is 0 Å². The van der Waals surface area contributed by atoms with E-state index in [2.05, 4.69) is 20.6 Å². The number of amides is 1. The van der Waals surface area contributed by atoms with Crippen molar-refractivity contribution in [3.8, 4) is 23.1 Å². The van der Waals surface area contributed by atoms with Crippen molar-refractivity contribution < 1.29 is 33.4 Å². The summed E-state index contributed by atoms with van der Waals surface area (Å²) in [4.78, 5) is 37.9. The van der Waals surface area contributed by atoms with Gasteiger partial charge in [0.15, 0.2) is 22.4 Å². The Bertz CT molecular complexity index is 2080.